The van der Waals surface area contributed by atoms with Crippen molar-refractivity contribution in [3.05, 3.63) is 35.4 Å². The van der Waals surface area contributed by atoms with E-state index in [1.807, 2.05) is 0 Å². The van der Waals surface area contributed by atoms with Gasteiger partial charge in [0, 0.05) is 12.6 Å². The summed E-state index contributed by atoms with van der Waals surface area (Å²) in [5.74, 6) is 0. The Bertz CT molecular complexity index is 344. The van der Waals surface area contributed by atoms with Gasteiger partial charge in [-0.15, -0.1) is 12.4 Å². The highest BCUT2D eigenvalue weighted by Crippen LogP contribution is 2.30. The second-order valence-corrected chi connectivity index (χ2v) is 3.60. The predicted molar refractivity (Wildman–Crippen MR) is 61.9 cm³/mol. The van der Waals surface area contributed by atoms with Crippen molar-refractivity contribution in [1.82, 2.24) is 0 Å². The van der Waals surface area contributed by atoms with Gasteiger partial charge in [0.1, 0.15) is 0 Å². The molecule has 0 radical (unpaired) electrons. The van der Waals surface area contributed by atoms with Crippen LogP contribution in [0.2, 0.25) is 0 Å². The molecule has 0 aliphatic carbocycles. The second kappa shape index (κ2) is 6.83. The third kappa shape index (κ3) is 4.93. The molecule has 0 bridgehead atoms. The normalized spacial score (nSPS) is 13.0. The summed E-state index contributed by atoms with van der Waals surface area (Å²) >= 11 is 0. The van der Waals surface area contributed by atoms with Crippen molar-refractivity contribution >= 4 is 12.4 Å². The van der Waals surface area contributed by atoms with Gasteiger partial charge in [0.05, 0.1) is 5.56 Å². The standard InChI is InChI=1S/C11H14F3NO.ClH/c12-11(13,14)9-4-1-3-8(7-9)10(15)5-2-6-16;/h1,3-4,7,10,16H,2,5-6,15H2;1H/t10-;/m1./s1. The molecule has 0 aliphatic rings. The Labute approximate surface area is 104 Å². The van der Waals surface area contributed by atoms with Crippen LogP contribution in [0.25, 0.3) is 0 Å². The van der Waals surface area contributed by atoms with Crippen LogP contribution in [0.5, 0.6) is 0 Å². The van der Waals surface area contributed by atoms with E-state index in [1.54, 1.807) is 6.07 Å². The first-order valence-electron chi connectivity index (χ1n) is 4.98. The number of aliphatic hydroxyl groups excluding tert-OH is 1. The van der Waals surface area contributed by atoms with Crippen molar-refractivity contribution in [3.63, 3.8) is 0 Å². The highest BCUT2D eigenvalue weighted by Gasteiger charge is 2.30. The monoisotopic (exact) mass is 269 g/mol. The van der Waals surface area contributed by atoms with Gasteiger partial charge in [-0.3, -0.25) is 0 Å². The largest absolute Gasteiger partial charge is 0.416 e. The van der Waals surface area contributed by atoms with Crippen molar-refractivity contribution in [2.45, 2.75) is 25.1 Å². The first-order chi connectivity index (χ1) is 7.45. The number of rotatable bonds is 4. The number of nitrogens with two attached hydrogens (primary N) is 1. The van der Waals surface area contributed by atoms with Crippen LogP contribution in [0.1, 0.15) is 30.0 Å². The second-order valence-electron chi connectivity index (χ2n) is 3.60. The molecule has 1 aromatic carbocycles. The fraction of sp³-hybridized carbons (Fsp3) is 0.455. The number of halogens is 4. The average molecular weight is 270 g/mol. The summed E-state index contributed by atoms with van der Waals surface area (Å²) < 4.78 is 37.2. The third-order valence-corrected chi connectivity index (χ3v) is 2.32. The molecule has 1 atom stereocenters. The van der Waals surface area contributed by atoms with Crippen molar-refractivity contribution in [2.75, 3.05) is 6.61 Å². The molecule has 3 N–H and O–H groups in total. The van der Waals surface area contributed by atoms with E-state index in [0.29, 0.717) is 18.4 Å². The number of hydrogen-bond acceptors (Lipinski definition) is 2. The van der Waals surface area contributed by atoms with E-state index in [2.05, 4.69) is 0 Å². The highest BCUT2D eigenvalue weighted by atomic mass is 35.5. The number of alkyl halides is 3. The van der Waals surface area contributed by atoms with Crippen LogP contribution in [0, 0.1) is 0 Å². The maximum Gasteiger partial charge on any atom is 0.416 e. The molecule has 6 heteroatoms. The molecule has 17 heavy (non-hydrogen) atoms. The Morgan fingerprint density at radius 3 is 2.47 bits per heavy atom. The molecular formula is C11H15ClF3NO. The average Bonchev–Trinajstić information content (AvgIpc) is 2.25. The fourth-order valence-corrected chi connectivity index (χ4v) is 1.42. The van der Waals surface area contributed by atoms with Crippen molar-refractivity contribution < 1.29 is 18.3 Å². The zero-order valence-corrected chi connectivity index (χ0v) is 9.89. The minimum atomic E-state index is -4.34. The van der Waals surface area contributed by atoms with Crippen molar-refractivity contribution in [2.24, 2.45) is 5.73 Å². The molecular weight excluding hydrogens is 255 g/mol. The van der Waals surface area contributed by atoms with Gasteiger partial charge in [0.2, 0.25) is 0 Å². The van der Waals surface area contributed by atoms with Crippen LogP contribution in [0.15, 0.2) is 24.3 Å². The summed E-state index contributed by atoms with van der Waals surface area (Å²) in [6.07, 6.45) is -3.39. The summed E-state index contributed by atoms with van der Waals surface area (Å²) in [5, 5.41) is 8.61. The summed E-state index contributed by atoms with van der Waals surface area (Å²) in [6.45, 7) is -0.00728. The van der Waals surface area contributed by atoms with E-state index >= 15 is 0 Å². The van der Waals surface area contributed by atoms with Crippen LogP contribution < -0.4 is 5.73 Å². The van der Waals surface area contributed by atoms with Gasteiger partial charge in [-0.1, -0.05) is 12.1 Å². The number of hydrogen-bond donors (Lipinski definition) is 2. The fourth-order valence-electron chi connectivity index (χ4n) is 1.42. The maximum absolute atomic E-state index is 12.4. The third-order valence-electron chi connectivity index (χ3n) is 2.32. The Morgan fingerprint density at radius 1 is 1.29 bits per heavy atom. The molecule has 0 spiro atoms. The number of aliphatic hydroxyl groups is 1. The lowest BCUT2D eigenvalue weighted by Crippen LogP contribution is -2.13. The molecule has 98 valence electrons. The summed E-state index contributed by atoms with van der Waals surface area (Å²) in [7, 11) is 0. The van der Waals surface area contributed by atoms with E-state index in [-0.39, 0.29) is 19.0 Å². The summed E-state index contributed by atoms with van der Waals surface area (Å²) in [5.41, 5.74) is 5.47. The van der Waals surface area contributed by atoms with Gasteiger partial charge >= 0.3 is 6.18 Å². The summed E-state index contributed by atoms with van der Waals surface area (Å²) in [6, 6.07) is 4.52. The lowest BCUT2D eigenvalue weighted by molar-refractivity contribution is -0.137. The zero-order valence-electron chi connectivity index (χ0n) is 9.07. The Morgan fingerprint density at radius 2 is 1.94 bits per heavy atom. The Balaban J connectivity index is 0.00000256. The molecule has 0 heterocycles. The lowest BCUT2D eigenvalue weighted by Gasteiger charge is -2.13. The van der Waals surface area contributed by atoms with Crippen LogP contribution >= 0.6 is 12.4 Å². The minimum Gasteiger partial charge on any atom is -0.396 e. The van der Waals surface area contributed by atoms with Crippen molar-refractivity contribution in [1.29, 1.82) is 0 Å². The Hall–Kier alpha value is -0.780. The first kappa shape index (κ1) is 16.2. The van der Waals surface area contributed by atoms with Crippen LogP contribution in [0.3, 0.4) is 0 Å². The molecule has 0 saturated carbocycles. The molecule has 0 saturated heterocycles. The van der Waals surface area contributed by atoms with Crippen LogP contribution in [-0.2, 0) is 6.18 Å². The molecule has 0 aliphatic heterocycles. The van der Waals surface area contributed by atoms with Gasteiger partial charge in [-0.2, -0.15) is 13.2 Å². The van der Waals surface area contributed by atoms with Gasteiger partial charge in [0.15, 0.2) is 0 Å². The predicted octanol–water partition coefficient (Wildman–Crippen LogP) is 2.90. The van der Waals surface area contributed by atoms with E-state index in [0.717, 1.165) is 12.1 Å². The first-order valence-corrected chi connectivity index (χ1v) is 4.98. The van der Waals surface area contributed by atoms with Gasteiger partial charge in [0.25, 0.3) is 0 Å². The van der Waals surface area contributed by atoms with E-state index < -0.39 is 17.8 Å². The zero-order chi connectivity index (χ0) is 12.2. The molecule has 0 aromatic heterocycles. The molecule has 1 aromatic rings. The Kier molecular flexibility index (Phi) is 6.52. The minimum absolute atomic E-state index is 0. The van der Waals surface area contributed by atoms with E-state index in [9.17, 15) is 13.2 Å². The molecule has 1 rings (SSSR count). The summed E-state index contributed by atoms with van der Waals surface area (Å²) in [4.78, 5) is 0. The SMILES string of the molecule is Cl.N[C@H](CCCO)c1cccc(C(F)(F)F)c1. The van der Waals surface area contributed by atoms with Gasteiger partial charge in [-0.05, 0) is 30.5 Å². The molecule has 0 amide bonds. The topological polar surface area (TPSA) is 46.2 Å². The molecule has 2 nitrogen and oxygen atoms in total. The van der Waals surface area contributed by atoms with Crippen LogP contribution in [-0.4, -0.2) is 11.7 Å². The highest BCUT2D eigenvalue weighted by molar-refractivity contribution is 5.85. The smallest absolute Gasteiger partial charge is 0.396 e. The van der Waals surface area contributed by atoms with Crippen LogP contribution in [0.4, 0.5) is 13.2 Å². The van der Waals surface area contributed by atoms with Gasteiger partial charge < -0.3 is 10.8 Å². The van der Waals surface area contributed by atoms with Crippen molar-refractivity contribution in [3.8, 4) is 0 Å². The van der Waals surface area contributed by atoms with E-state index in [4.69, 9.17) is 10.8 Å². The molecule has 0 unspecified atom stereocenters. The molecule has 0 fully saturated rings. The van der Waals surface area contributed by atoms with E-state index in [1.165, 1.54) is 6.07 Å². The maximum atomic E-state index is 12.4. The quantitative estimate of drug-likeness (QED) is 0.883. The lowest BCUT2D eigenvalue weighted by atomic mass is 10.0. The number of benzene rings is 1. The van der Waals surface area contributed by atoms with Gasteiger partial charge in [-0.25, -0.2) is 0 Å².